The number of nitrogens with zero attached hydrogens (tertiary/aromatic N) is 2. The van der Waals surface area contributed by atoms with E-state index in [0.717, 1.165) is 27.4 Å². The Balaban J connectivity index is 1.79. The summed E-state index contributed by atoms with van der Waals surface area (Å²) in [4.78, 5) is 36.1. The molecule has 0 saturated carbocycles. The van der Waals surface area contributed by atoms with Crippen LogP contribution < -0.4 is 5.32 Å². The van der Waals surface area contributed by atoms with Crippen LogP contribution in [0.3, 0.4) is 0 Å². The number of carbonyl (C=O) groups excluding carboxylic acids is 2. The van der Waals surface area contributed by atoms with Crippen LogP contribution in [0.25, 0.3) is 11.3 Å². The van der Waals surface area contributed by atoms with Crippen LogP contribution in [0.5, 0.6) is 0 Å². The van der Waals surface area contributed by atoms with E-state index in [4.69, 9.17) is 26.1 Å². The Hall–Kier alpha value is -3.49. The van der Waals surface area contributed by atoms with Crippen molar-refractivity contribution in [2.75, 3.05) is 19.5 Å². The van der Waals surface area contributed by atoms with Gasteiger partial charge in [0.05, 0.1) is 25.5 Å². The molecule has 0 amide bonds. The second-order valence-corrected chi connectivity index (χ2v) is 10.0. The van der Waals surface area contributed by atoms with Gasteiger partial charge < -0.3 is 14.8 Å². The normalized spacial score (nSPS) is 17.4. The first-order valence-electron chi connectivity index (χ1n) is 11.3. The molecule has 0 spiro atoms. The van der Waals surface area contributed by atoms with Gasteiger partial charge in [-0.1, -0.05) is 41.9 Å². The van der Waals surface area contributed by atoms with Crippen LogP contribution in [-0.2, 0) is 19.1 Å². The Kier molecular flexibility index (Phi) is 7.56. The first-order valence-corrected chi connectivity index (χ1v) is 12.5. The smallest absolute Gasteiger partial charge is 0.336 e. The van der Waals surface area contributed by atoms with Gasteiger partial charge in [0.2, 0.25) is 0 Å². The van der Waals surface area contributed by atoms with Crippen molar-refractivity contribution in [2.24, 2.45) is 10.9 Å². The van der Waals surface area contributed by atoms with E-state index in [1.807, 2.05) is 55.5 Å². The first kappa shape index (κ1) is 25.6. The monoisotopic (exact) mass is 523 g/mol. The molecule has 36 heavy (non-hydrogen) atoms. The number of hydrogen-bond acceptors (Lipinski definition) is 8. The number of aryl methyl sites for hydroxylation is 1. The van der Waals surface area contributed by atoms with Crippen molar-refractivity contribution >= 4 is 51.4 Å². The quantitative estimate of drug-likeness (QED) is 0.381. The number of para-hydroxylation sites is 1. The molecule has 2 aromatic carbocycles. The third kappa shape index (κ3) is 4.92. The Labute approximate surface area is 218 Å². The van der Waals surface area contributed by atoms with Gasteiger partial charge in [0.1, 0.15) is 5.92 Å². The Morgan fingerprint density at radius 2 is 1.69 bits per heavy atom. The van der Waals surface area contributed by atoms with Gasteiger partial charge in [-0.05, 0) is 44.5 Å². The predicted molar refractivity (Wildman–Crippen MR) is 143 cm³/mol. The van der Waals surface area contributed by atoms with Gasteiger partial charge in [-0.2, -0.15) is 0 Å². The minimum atomic E-state index is -0.779. The molecule has 3 aromatic rings. The lowest BCUT2D eigenvalue weighted by Gasteiger charge is -2.32. The molecule has 2 unspecified atom stereocenters. The van der Waals surface area contributed by atoms with Gasteiger partial charge in [-0.3, -0.25) is 9.79 Å². The third-order valence-electron chi connectivity index (χ3n) is 6.14. The molecule has 7 nitrogen and oxygen atoms in total. The van der Waals surface area contributed by atoms with E-state index in [9.17, 15) is 9.59 Å². The maximum atomic E-state index is 12.9. The van der Waals surface area contributed by atoms with E-state index in [0.29, 0.717) is 27.1 Å². The summed E-state index contributed by atoms with van der Waals surface area (Å²) in [6, 6.07) is 15.1. The predicted octanol–water partition coefficient (Wildman–Crippen LogP) is 6.31. The van der Waals surface area contributed by atoms with Crippen LogP contribution in [0.15, 0.2) is 64.8 Å². The molecule has 2 atom stereocenters. The Morgan fingerprint density at radius 1 is 1.00 bits per heavy atom. The van der Waals surface area contributed by atoms with E-state index in [1.165, 1.54) is 25.6 Å². The summed E-state index contributed by atoms with van der Waals surface area (Å²) in [6.45, 7) is 5.52. The van der Waals surface area contributed by atoms with Crippen molar-refractivity contribution in [3.05, 3.63) is 75.3 Å². The molecule has 186 valence electrons. The van der Waals surface area contributed by atoms with E-state index in [2.05, 4.69) is 10.3 Å². The minimum Gasteiger partial charge on any atom is -0.468 e. The highest BCUT2D eigenvalue weighted by Gasteiger charge is 2.43. The summed E-state index contributed by atoms with van der Waals surface area (Å²) in [5, 5.41) is 4.76. The number of esters is 2. The number of anilines is 2. The average molecular weight is 524 g/mol. The summed E-state index contributed by atoms with van der Waals surface area (Å²) in [7, 11) is 2.65. The van der Waals surface area contributed by atoms with Gasteiger partial charge in [-0.15, -0.1) is 11.3 Å². The lowest BCUT2D eigenvalue weighted by Crippen LogP contribution is -2.36. The van der Waals surface area contributed by atoms with Crippen molar-refractivity contribution < 1.29 is 19.1 Å². The zero-order valence-corrected chi connectivity index (χ0v) is 22.2. The summed E-state index contributed by atoms with van der Waals surface area (Å²) in [5.41, 5.74) is 4.68. The number of rotatable bonds is 6. The van der Waals surface area contributed by atoms with Gasteiger partial charge in [0, 0.05) is 38.5 Å². The highest BCUT2D eigenvalue weighted by molar-refractivity contribution is 7.16. The summed E-state index contributed by atoms with van der Waals surface area (Å²) < 4.78 is 10.2. The van der Waals surface area contributed by atoms with Crippen molar-refractivity contribution in [1.29, 1.82) is 0 Å². The maximum absolute atomic E-state index is 12.9. The Morgan fingerprint density at radius 3 is 2.36 bits per heavy atom. The van der Waals surface area contributed by atoms with Crippen molar-refractivity contribution in [1.82, 2.24) is 4.98 Å². The fourth-order valence-electron chi connectivity index (χ4n) is 4.50. The molecule has 1 aliphatic rings. The fraction of sp³-hybridized carbons (Fsp3) is 0.259. The largest absolute Gasteiger partial charge is 0.468 e. The summed E-state index contributed by atoms with van der Waals surface area (Å²) in [6.07, 6.45) is 0. The Bertz CT molecular complexity index is 1380. The lowest BCUT2D eigenvalue weighted by atomic mass is 9.75. The highest BCUT2D eigenvalue weighted by atomic mass is 35.5. The molecule has 0 fully saturated rings. The standard InChI is InChI=1S/C27H26ClN3O4S/c1-14-21(25(32)34-4)23(22(15(2)29-14)26(33)35-5)19-8-6-7-9-20(19)30-27-31-24(16(3)36-27)17-10-12-18(28)13-11-17/h6-13,21,23H,1-5H3,(H,30,31). The van der Waals surface area contributed by atoms with Crippen molar-refractivity contribution in [3.8, 4) is 11.3 Å². The number of nitrogens with one attached hydrogen (secondary N) is 1. The second-order valence-electron chi connectivity index (χ2n) is 8.37. The first-order chi connectivity index (χ1) is 17.2. The number of benzene rings is 2. The number of hydrogen-bond donors (Lipinski definition) is 1. The number of aromatic nitrogens is 1. The van der Waals surface area contributed by atoms with Crippen LogP contribution in [-0.4, -0.2) is 36.9 Å². The number of ether oxygens (including phenoxy) is 2. The topological polar surface area (TPSA) is 89.9 Å². The number of thiazole rings is 1. The number of aliphatic imine (C=N–C) groups is 1. The summed E-state index contributed by atoms with van der Waals surface area (Å²) >= 11 is 7.56. The van der Waals surface area contributed by atoms with Crippen molar-refractivity contribution in [2.45, 2.75) is 26.7 Å². The molecule has 0 saturated heterocycles. The van der Waals surface area contributed by atoms with E-state index in [1.54, 1.807) is 13.8 Å². The molecule has 0 radical (unpaired) electrons. The number of methoxy groups -OCH3 is 2. The molecule has 1 aromatic heterocycles. The molecule has 1 aliphatic heterocycles. The SMILES string of the molecule is COC(=O)C1=C(C)N=C(C)C(C(=O)OC)C1c1ccccc1Nc1nc(-c2ccc(Cl)cc2)c(C)s1. The molecule has 1 N–H and O–H groups in total. The van der Waals surface area contributed by atoms with E-state index >= 15 is 0 Å². The zero-order valence-electron chi connectivity index (χ0n) is 20.6. The summed E-state index contributed by atoms with van der Waals surface area (Å²) in [5.74, 6) is -2.44. The number of carbonyl (C=O) groups is 2. The molecule has 4 rings (SSSR count). The number of halogens is 1. The lowest BCUT2D eigenvalue weighted by molar-refractivity contribution is -0.143. The van der Waals surface area contributed by atoms with Crippen LogP contribution in [0.4, 0.5) is 10.8 Å². The molecule has 0 aliphatic carbocycles. The van der Waals surface area contributed by atoms with Crippen LogP contribution in [0.2, 0.25) is 5.02 Å². The van der Waals surface area contributed by atoms with E-state index in [-0.39, 0.29) is 0 Å². The van der Waals surface area contributed by atoms with Crippen LogP contribution in [0, 0.1) is 12.8 Å². The molecular weight excluding hydrogens is 498 g/mol. The molecular formula is C27H26ClN3O4S. The molecule has 0 bridgehead atoms. The van der Waals surface area contributed by atoms with Crippen molar-refractivity contribution in [3.63, 3.8) is 0 Å². The van der Waals surface area contributed by atoms with Crippen LogP contribution >= 0.6 is 22.9 Å². The minimum absolute atomic E-state index is 0.324. The third-order valence-corrected chi connectivity index (χ3v) is 7.28. The fourth-order valence-corrected chi connectivity index (χ4v) is 5.48. The van der Waals surface area contributed by atoms with Crippen LogP contribution in [0.1, 0.15) is 30.2 Å². The average Bonchev–Trinajstić information content (AvgIpc) is 3.23. The molecule has 2 heterocycles. The zero-order chi connectivity index (χ0) is 26.0. The van der Waals surface area contributed by atoms with Gasteiger partial charge >= 0.3 is 11.9 Å². The molecule has 9 heteroatoms. The van der Waals surface area contributed by atoms with Gasteiger partial charge in [-0.25, -0.2) is 9.78 Å². The van der Waals surface area contributed by atoms with E-state index < -0.39 is 23.8 Å². The second kappa shape index (κ2) is 10.6. The van der Waals surface area contributed by atoms with Gasteiger partial charge in [0.15, 0.2) is 5.13 Å². The highest BCUT2D eigenvalue weighted by Crippen LogP contribution is 2.43. The van der Waals surface area contributed by atoms with Gasteiger partial charge in [0.25, 0.3) is 0 Å². The number of allylic oxidation sites excluding steroid dienone is 1. The maximum Gasteiger partial charge on any atom is 0.336 e.